The number of anilines is 1. The van der Waals surface area contributed by atoms with Crippen molar-refractivity contribution in [2.75, 3.05) is 5.32 Å². The fraction of sp³-hybridized carbons (Fsp3) is 0.0833. The molecule has 0 atom stereocenters. The van der Waals surface area contributed by atoms with Crippen LogP contribution >= 0.6 is 0 Å². The molecule has 0 saturated carbocycles. The summed E-state index contributed by atoms with van der Waals surface area (Å²) in [5.74, 6) is 0.0310. The van der Waals surface area contributed by atoms with Gasteiger partial charge in [0, 0.05) is 18.5 Å². The van der Waals surface area contributed by atoms with Crippen molar-refractivity contribution >= 4 is 22.8 Å². The Morgan fingerprint density at radius 1 is 1.32 bits per heavy atom. The number of aryl methyl sites for hydroxylation is 1. The molecule has 0 radical (unpaired) electrons. The quantitative estimate of drug-likeness (QED) is 0.747. The van der Waals surface area contributed by atoms with E-state index in [1.165, 1.54) is 6.33 Å². The van der Waals surface area contributed by atoms with E-state index in [1.807, 2.05) is 6.07 Å². The number of hydrogen-bond acceptors (Lipinski definition) is 6. The number of rotatable bonds is 2. The minimum atomic E-state index is -0.354. The van der Waals surface area contributed by atoms with E-state index in [-0.39, 0.29) is 11.9 Å². The van der Waals surface area contributed by atoms with E-state index < -0.39 is 0 Å². The molecule has 0 aliphatic heterocycles. The first-order chi connectivity index (χ1) is 9.24. The lowest BCUT2D eigenvalue weighted by Crippen LogP contribution is -2.13. The van der Waals surface area contributed by atoms with Gasteiger partial charge in [0.2, 0.25) is 5.89 Å². The third-order valence-electron chi connectivity index (χ3n) is 2.53. The predicted octanol–water partition coefficient (Wildman–Crippen LogP) is 1.57. The van der Waals surface area contributed by atoms with Crippen molar-refractivity contribution in [1.82, 2.24) is 20.2 Å². The average Bonchev–Trinajstić information content (AvgIpc) is 2.83. The number of nitrogens with zero attached hydrogens (tertiary/aromatic N) is 4. The standard InChI is InChI=1S/C12H9N5O2/c1-7-16-17-12(19-7)15-11(18)9-4-2-3-8-5-13-6-14-10(8)9/h2-6H,1H3,(H,15,17,18). The summed E-state index contributed by atoms with van der Waals surface area (Å²) in [5.41, 5.74) is 1.00. The highest BCUT2D eigenvalue weighted by molar-refractivity contribution is 6.10. The Balaban J connectivity index is 1.97. The molecule has 1 amide bonds. The van der Waals surface area contributed by atoms with E-state index in [0.29, 0.717) is 17.0 Å². The van der Waals surface area contributed by atoms with Crippen LogP contribution in [0.3, 0.4) is 0 Å². The topological polar surface area (TPSA) is 93.8 Å². The molecule has 1 aromatic carbocycles. The molecule has 3 aromatic rings. The first kappa shape index (κ1) is 11.3. The first-order valence-electron chi connectivity index (χ1n) is 5.54. The monoisotopic (exact) mass is 255 g/mol. The van der Waals surface area contributed by atoms with Gasteiger partial charge < -0.3 is 4.42 Å². The van der Waals surface area contributed by atoms with Crippen molar-refractivity contribution in [3.63, 3.8) is 0 Å². The number of hydrogen-bond donors (Lipinski definition) is 1. The van der Waals surface area contributed by atoms with Crippen molar-refractivity contribution in [3.8, 4) is 0 Å². The molecule has 2 aromatic heterocycles. The van der Waals surface area contributed by atoms with E-state index >= 15 is 0 Å². The normalized spacial score (nSPS) is 10.6. The van der Waals surface area contributed by atoms with Crippen molar-refractivity contribution in [2.45, 2.75) is 6.92 Å². The Morgan fingerprint density at radius 2 is 2.21 bits per heavy atom. The second-order valence-electron chi connectivity index (χ2n) is 3.85. The van der Waals surface area contributed by atoms with Gasteiger partial charge in [0.1, 0.15) is 6.33 Å². The van der Waals surface area contributed by atoms with E-state index in [2.05, 4.69) is 25.5 Å². The van der Waals surface area contributed by atoms with E-state index in [4.69, 9.17) is 4.42 Å². The van der Waals surface area contributed by atoms with Gasteiger partial charge in [-0.05, 0) is 6.07 Å². The van der Waals surface area contributed by atoms with Crippen molar-refractivity contribution < 1.29 is 9.21 Å². The molecule has 94 valence electrons. The summed E-state index contributed by atoms with van der Waals surface area (Å²) in [6, 6.07) is 5.34. The highest BCUT2D eigenvalue weighted by Crippen LogP contribution is 2.16. The number of carbonyl (C=O) groups excluding carboxylic acids is 1. The lowest BCUT2D eigenvalue weighted by molar-refractivity contribution is 0.102. The molecule has 2 heterocycles. The van der Waals surface area contributed by atoms with Crippen LogP contribution in [-0.4, -0.2) is 26.1 Å². The Morgan fingerprint density at radius 3 is 3.00 bits per heavy atom. The molecule has 0 aliphatic carbocycles. The maximum Gasteiger partial charge on any atom is 0.322 e. The highest BCUT2D eigenvalue weighted by atomic mass is 16.4. The van der Waals surface area contributed by atoms with Crippen LogP contribution in [0.5, 0.6) is 0 Å². The Labute approximate surface area is 107 Å². The van der Waals surface area contributed by atoms with Crippen molar-refractivity contribution in [1.29, 1.82) is 0 Å². The summed E-state index contributed by atoms with van der Waals surface area (Å²) < 4.78 is 5.10. The number of para-hydroxylation sites is 1. The van der Waals surface area contributed by atoms with Crippen LogP contribution in [0.2, 0.25) is 0 Å². The lowest BCUT2D eigenvalue weighted by Gasteiger charge is -2.03. The maximum atomic E-state index is 12.1. The van der Waals surface area contributed by atoms with Crippen molar-refractivity contribution in [2.24, 2.45) is 0 Å². The minimum Gasteiger partial charge on any atom is -0.408 e. The number of benzene rings is 1. The molecule has 0 aliphatic rings. The number of aromatic nitrogens is 4. The number of carbonyl (C=O) groups is 1. The van der Waals surface area contributed by atoms with Crippen LogP contribution in [0.1, 0.15) is 16.2 Å². The molecular weight excluding hydrogens is 246 g/mol. The molecular formula is C12H9N5O2. The van der Waals surface area contributed by atoms with Gasteiger partial charge >= 0.3 is 6.01 Å². The maximum absolute atomic E-state index is 12.1. The van der Waals surface area contributed by atoms with E-state index in [9.17, 15) is 4.79 Å². The minimum absolute atomic E-state index is 0.0635. The summed E-state index contributed by atoms with van der Waals surface area (Å²) in [7, 11) is 0. The molecule has 1 N–H and O–H groups in total. The summed E-state index contributed by atoms with van der Waals surface area (Å²) in [4.78, 5) is 20.2. The van der Waals surface area contributed by atoms with Crippen LogP contribution in [0.15, 0.2) is 35.1 Å². The van der Waals surface area contributed by atoms with Crippen molar-refractivity contribution in [3.05, 3.63) is 42.2 Å². The molecule has 0 bridgehead atoms. The second kappa shape index (κ2) is 4.45. The average molecular weight is 255 g/mol. The zero-order valence-corrected chi connectivity index (χ0v) is 9.99. The Kier molecular flexibility index (Phi) is 2.64. The number of fused-ring (bicyclic) bond motifs is 1. The molecule has 0 fully saturated rings. The summed E-state index contributed by atoms with van der Waals surface area (Å²) in [5, 5.41) is 10.7. The van der Waals surface area contributed by atoms with E-state index in [0.717, 1.165) is 5.39 Å². The molecule has 7 nitrogen and oxygen atoms in total. The molecule has 0 spiro atoms. The fourth-order valence-electron chi connectivity index (χ4n) is 1.71. The predicted molar refractivity (Wildman–Crippen MR) is 66.5 cm³/mol. The van der Waals surface area contributed by atoms with E-state index in [1.54, 1.807) is 25.3 Å². The summed E-state index contributed by atoms with van der Waals surface area (Å²) >= 11 is 0. The number of nitrogens with one attached hydrogen (secondary N) is 1. The Hall–Kier alpha value is -2.83. The first-order valence-corrected chi connectivity index (χ1v) is 5.54. The van der Waals surface area contributed by atoms with Gasteiger partial charge in [0.25, 0.3) is 5.91 Å². The van der Waals surface area contributed by atoms with Crippen LogP contribution < -0.4 is 5.32 Å². The van der Waals surface area contributed by atoms with Crippen LogP contribution in [0, 0.1) is 6.92 Å². The molecule has 0 unspecified atom stereocenters. The molecule has 19 heavy (non-hydrogen) atoms. The van der Waals surface area contributed by atoms with Crippen LogP contribution in [0.25, 0.3) is 10.9 Å². The SMILES string of the molecule is Cc1nnc(NC(=O)c2cccc3cncnc23)o1. The fourth-order valence-corrected chi connectivity index (χ4v) is 1.71. The zero-order chi connectivity index (χ0) is 13.2. The highest BCUT2D eigenvalue weighted by Gasteiger charge is 2.13. The second-order valence-corrected chi connectivity index (χ2v) is 3.85. The zero-order valence-electron chi connectivity index (χ0n) is 9.99. The van der Waals surface area contributed by atoms with Crippen LogP contribution in [0.4, 0.5) is 6.01 Å². The summed E-state index contributed by atoms with van der Waals surface area (Å²) in [6.07, 6.45) is 3.05. The molecule has 7 heteroatoms. The van der Waals surface area contributed by atoms with Gasteiger partial charge in [-0.1, -0.05) is 17.2 Å². The smallest absolute Gasteiger partial charge is 0.322 e. The van der Waals surface area contributed by atoms with Gasteiger partial charge in [0.05, 0.1) is 11.1 Å². The van der Waals surface area contributed by atoms with Gasteiger partial charge in [-0.3, -0.25) is 10.1 Å². The van der Waals surface area contributed by atoms with Gasteiger partial charge in [0.15, 0.2) is 0 Å². The van der Waals surface area contributed by atoms with Gasteiger partial charge in [-0.2, -0.15) is 0 Å². The summed E-state index contributed by atoms with van der Waals surface area (Å²) in [6.45, 7) is 1.65. The van der Waals surface area contributed by atoms with Crippen LogP contribution in [-0.2, 0) is 0 Å². The van der Waals surface area contributed by atoms with Gasteiger partial charge in [-0.15, -0.1) is 5.10 Å². The lowest BCUT2D eigenvalue weighted by atomic mass is 10.1. The largest absolute Gasteiger partial charge is 0.408 e. The molecule has 3 rings (SSSR count). The third-order valence-corrected chi connectivity index (χ3v) is 2.53. The Bertz CT molecular complexity index is 747. The number of amides is 1. The van der Waals surface area contributed by atoms with Gasteiger partial charge in [-0.25, -0.2) is 9.97 Å². The third kappa shape index (κ3) is 2.13. The molecule has 0 saturated heterocycles.